The largest absolute Gasteiger partial charge is 0.488 e. The van der Waals surface area contributed by atoms with E-state index in [1.165, 1.54) is 6.08 Å². The lowest BCUT2D eigenvalue weighted by atomic mass is 10.1. The minimum Gasteiger partial charge on any atom is -0.488 e. The number of nitrogens with one attached hydrogen (secondary N) is 1. The van der Waals surface area contributed by atoms with Crippen LogP contribution in [0.4, 0.5) is 5.69 Å². The molecule has 1 N–H and O–H groups in total. The van der Waals surface area contributed by atoms with Crippen LogP contribution in [-0.2, 0) is 11.4 Å². The van der Waals surface area contributed by atoms with E-state index < -0.39 is 5.91 Å². The van der Waals surface area contributed by atoms with Crippen molar-refractivity contribution in [2.24, 2.45) is 0 Å². The summed E-state index contributed by atoms with van der Waals surface area (Å²) >= 11 is 6.84. The van der Waals surface area contributed by atoms with Crippen molar-refractivity contribution in [1.29, 1.82) is 5.26 Å². The van der Waals surface area contributed by atoms with Crippen molar-refractivity contribution >= 4 is 49.5 Å². The Morgan fingerprint density at radius 1 is 1.06 bits per heavy atom. The molecule has 0 aliphatic carbocycles. The van der Waals surface area contributed by atoms with Crippen LogP contribution in [0.15, 0.2) is 75.2 Å². The van der Waals surface area contributed by atoms with E-state index in [0.717, 1.165) is 15.8 Å². The van der Waals surface area contributed by atoms with Gasteiger partial charge in [-0.3, -0.25) is 4.79 Å². The molecule has 0 aromatic heterocycles. The smallest absolute Gasteiger partial charge is 0.266 e. The van der Waals surface area contributed by atoms with Crippen LogP contribution in [0.1, 0.15) is 11.1 Å². The Kier molecular flexibility index (Phi) is 6.78. The first-order chi connectivity index (χ1) is 15.5. The summed E-state index contributed by atoms with van der Waals surface area (Å²) in [6.45, 7) is 0.579. The maximum Gasteiger partial charge on any atom is 0.266 e. The standard InChI is InChI=1S/C24H16Br2N2O4/c25-18-3-5-19(6-4-18)28-24(29)17(12-27)9-15-1-7-21(20(26)10-15)30-13-16-2-8-22-23(11-16)32-14-31-22/h1-11H,13-14H2,(H,28,29)/b17-9-. The van der Waals surface area contributed by atoms with Crippen molar-refractivity contribution in [1.82, 2.24) is 0 Å². The molecule has 1 heterocycles. The van der Waals surface area contributed by atoms with Gasteiger partial charge >= 0.3 is 0 Å². The quantitative estimate of drug-likeness (QED) is 0.295. The van der Waals surface area contributed by atoms with E-state index in [-0.39, 0.29) is 12.4 Å². The van der Waals surface area contributed by atoms with Gasteiger partial charge in [0.2, 0.25) is 6.79 Å². The Labute approximate surface area is 201 Å². The minimum absolute atomic E-state index is 0.00570. The van der Waals surface area contributed by atoms with Gasteiger partial charge in [0.25, 0.3) is 5.91 Å². The summed E-state index contributed by atoms with van der Waals surface area (Å²) in [5.41, 5.74) is 2.23. The molecule has 1 aliphatic rings. The number of halogens is 2. The molecule has 0 fully saturated rings. The number of anilines is 1. The van der Waals surface area contributed by atoms with Gasteiger partial charge in [-0.25, -0.2) is 0 Å². The third-order valence-electron chi connectivity index (χ3n) is 4.57. The summed E-state index contributed by atoms with van der Waals surface area (Å²) in [4.78, 5) is 12.5. The van der Waals surface area contributed by atoms with E-state index >= 15 is 0 Å². The second kappa shape index (κ2) is 9.90. The van der Waals surface area contributed by atoms with E-state index in [1.807, 2.05) is 36.4 Å². The number of fused-ring (bicyclic) bond motifs is 1. The van der Waals surface area contributed by atoms with Crippen LogP contribution in [0.3, 0.4) is 0 Å². The molecule has 1 amide bonds. The van der Waals surface area contributed by atoms with Crippen LogP contribution in [-0.4, -0.2) is 12.7 Å². The molecule has 160 valence electrons. The fourth-order valence-electron chi connectivity index (χ4n) is 2.96. The molecule has 3 aromatic rings. The zero-order chi connectivity index (χ0) is 22.5. The predicted molar refractivity (Wildman–Crippen MR) is 127 cm³/mol. The highest BCUT2D eigenvalue weighted by Gasteiger charge is 2.14. The number of hydrogen-bond donors (Lipinski definition) is 1. The van der Waals surface area contributed by atoms with E-state index in [0.29, 0.717) is 33.8 Å². The fraction of sp³-hybridized carbons (Fsp3) is 0.0833. The second-order valence-corrected chi connectivity index (χ2v) is 8.57. The zero-order valence-corrected chi connectivity index (χ0v) is 19.8. The first-order valence-corrected chi connectivity index (χ1v) is 11.1. The maximum absolute atomic E-state index is 12.5. The van der Waals surface area contributed by atoms with E-state index in [2.05, 4.69) is 37.2 Å². The van der Waals surface area contributed by atoms with Gasteiger partial charge in [-0.05, 0) is 81.7 Å². The van der Waals surface area contributed by atoms with Gasteiger partial charge in [-0.1, -0.05) is 28.1 Å². The number of nitriles is 1. The third kappa shape index (κ3) is 5.31. The van der Waals surface area contributed by atoms with Crippen LogP contribution >= 0.6 is 31.9 Å². The molecule has 0 radical (unpaired) electrons. The summed E-state index contributed by atoms with van der Waals surface area (Å²) in [6.07, 6.45) is 1.53. The molecule has 0 bridgehead atoms. The first-order valence-electron chi connectivity index (χ1n) is 9.51. The monoisotopic (exact) mass is 554 g/mol. The Balaban J connectivity index is 1.43. The Morgan fingerprint density at radius 3 is 2.59 bits per heavy atom. The van der Waals surface area contributed by atoms with Crippen molar-refractivity contribution in [3.05, 3.63) is 86.3 Å². The van der Waals surface area contributed by atoms with Crippen LogP contribution < -0.4 is 19.5 Å². The van der Waals surface area contributed by atoms with Gasteiger partial charge in [0.1, 0.15) is 24.0 Å². The average Bonchev–Trinajstić information content (AvgIpc) is 3.26. The molecule has 0 spiro atoms. The van der Waals surface area contributed by atoms with E-state index in [1.54, 1.807) is 30.3 Å². The SMILES string of the molecule is N#C/C(=C/c1ccc(OCc2ccc3c(c2)OCO3)c(Br)c1)C(=O)Nc1ccc(Br)cc1. The molecule has 4 rings (SSSR count). The molecular weight excluding hydrogens is 540 g/mol. The summed E-state index contributed by atoms with van der Waals surface area (Å²) < 4.78 is 18.2. The number of benzene rings is 3. The molecule has 0 saturated heterocycles. The van der Waals surface area contributed by atoms with Crippen molar-refractivity contribution in [2.45, 2.75) is 6.61 Å². The zero-order valence-electron chi connectivity index (χ0n) is 16.6. The summed E-state index contributed by atoms with van der Waals surface area (Å²) in [5.74, 6) is 1.59. The van der Waals surface area contributed by atoms with E-state index in [4.69, 9.17) is 14.2 Å². The van der Waals surface area contributed by atoms with Gasteiger partial charge in [-0.2, -0.15) is 5.26 Å². The Hall–Kier alpha value is -3.28. The number of hydrogen-bond acceptors (Lipinski definition) is 5. The molecule has 0 unspecified atom stereocenters. The predicted octanol–water partition coefficient (Wildman–Crippen LogP) is 6.06. The van der Waals surface area contributed by atoms with Gasteiger partial charge in [0.15, 0.2) is 11.5 Å². The number of ether oxygens (including phenoxy) is 3. The van der Waals surface area contributed by atoms with Crippen LogP contribution in [0.2, 0.25) is 0 Å². The number of carbonyl (C=O) groups excluding carboxylic acids is 1. The minimum atomic E-state index is -0.478. The van der Waals surface area contributed by atoms with E-state index in [9.17, 15) is 10.1 Å². The Morgan fingerprint density at radius 2 is 1.84 bits per heavy atom. The molecule has 8 heteroatoms. The number of amides is 1. The summed E-state index contributed by atoms with van der Waals surface area (Å²) in [6, 6.07) is 20.1. The molecule has 3 aromatic carbocycles. The topological polar surface area (TPSA) is 80.6 Å². The van der Waals surface area contributed by atoms with Gasteiger partial charge in [0, 0.05) is 10.2 Å². The average molecular weight is 556 g/mol. The van der Waals surface area contributed by atoms with Crippen LogP contribution in [0, 0.1) is 11.3 Å². The van der Waals surface area contributed by atoms with Crippen molar-refractivity contribution in [2.75, 3.05) is 12.1 Å². The van der Waals surface area contributed by atoms with Crippen LogP contribution in [0.5, 0.6) is 17.2 Å². The van der Waals surface area contributed by atoms with Gasteiger partial charge in [0.05, 0.1) is 4.47 Å². The molecule has 0 atom stereocenters. The van der Waals surface area contributed by atoms with Crippen molar-refractivity contribution in [3.63, 3.8) is 0 Å². The number of rotatable bonds is 6. The van der Waals surface area contributed by atoms with Crippen molar-refractivity contribution in [3.8, 4) is 23.3 Å². The third-order valence-corrected chi connectivity index (χ3v) is 5.71. The summed E-state index contributed by atoms with van der Waals surface area (Å²) in [7, 11) is 0. The lowest BCUT2D eigenvalue weighted by Crippen LogP contribution is -2.13. The highest BCUT2D eigenvalue weighted by atomic mass is 79.9. The first kappa shape index (κ1) is 21.9. The maximum atomic E-state index is 12.5. The molecule has 6 nitrogen and oxygen atoms in total. The lowest BCUT2D eigenvalue weighted by Gasteiger charge is -2.10. The highest BCUT2D eigenvalue weighted by Crippen LogP contribution is 2.33. The highest BCUT2D eigenvalue weighted by molar-refractivity contribution is 9.10. The van der Waals surface area contributed by atoms with Gasteiger partial charge in [-0.15, -0.1) is 0 Å². The normalized spacial score (nSPS) is 12.2. The van der Waals surface area contributed by atoms with Crippen molar-refractivity contribution < 1.29 is 19.0 Å². The van der Waals surface area contributed by atoms with Gasteiger partial charge < -0.3 is 19.5 Å². The Bertz CT molecular complexity index is 1230. The summed E-state index contributed by atoms with van der Waals surface area (Å²) in [5, 5.41) is 12.2. The second-order valence-electron chi connectivity index (χ2n) is 6.80. The number of nitrogens with zero attached hydrogens (tertiary/aromatic N) is 1. The molecule has 1 aliphatic heterocycles. The molecule has 0 saturated carbocycles. The molecular formula is C24H16Br2N2O4. The lowest BCUT2D eigenvalue weighted by molar-refractivity contribution is -0.112. The number of carbonyl (C=O) groups is 1. The molecule has 32 heavy (non-hydrogen) atoms. The van der Waals surface area contributed by atoms with Crippen LogP contribution in [0.25, 0.3) is 6.08 Å². The fourth-order valence-corrected chi connectivity index (χ4v) is 3.74.